The molecule has 2 rings (SSSR count). The summed E-state index contributed by atoms with van der Waals surface area (Å²) in [5.74, 6) is 1.04. The molecule has 0 aliphatic rings. The van der Waals surface area contributed by atoms with Gasteiger partial charge in [-0.05, 0) is 61.7 Å². The van der Waals surface area contributed by atoms with Crippen LogP contribution >= 0.6 is 0 Å². The summed E-state index contributed by atoms with van der Waals surface area (Å²) < 4.78 is 17.1. The smallest absolute Gasteiger partial charge is 0.328 e. The third kappa shape index (κ3) is 5.55. The number of aliphatic carboxylic acids is 1. The molecule has 0 radical (unpaired) electrons. The molecule has 0 atom stereocenters. The quantitative estimate of drug-likeness (QED) is 0.537. The van der Waals surface area contributed by atoms with E-state index in [0.717, 1.165) is 23.0 Å². The average Bonchev–Trinajstić information content (AvgIpc) is 2.61. The number of carbonyl (C=O) groups is 1. The van der Waals surface area contributed by atoms with E-state index >= 15 is 0 Å². The topological polar surface area (TPSA) is 65.0 Å². The molecule has 0 saturated carbocycles. The van der Waals surface area contributed by atoms with E-state index in [9.17, 15) is 4.79 Å². The summed E-state index contributed by atoms with van der Waals surface area (Å²) in [5.41, 5.74) is 3.04. The van der Waals surface area contributed by atoms with Gasteiger partial charge in [-0.3, -0.25) is 0 Å². The van der Waals surface area contributed by atoms with E-state index in [1.807, 2.05) is 39.0 Å². The van der Waals surface area contributed by atoms with Crippen LogP contribution in [-0.2, 0) is 4.79 Å². The maximum Gasteiger partial charge on any atom is 0.328 e. The largest absolute Gasteiger partial charge is 0.490 e. The Balaban J connectivity index is 1.97. The minimum atomic E-state index is -0.994. The normalized spacial score (nSPS) is 10.7. The Labute approximate surface area is 153 Å². The van der Waals surface area contributed by atoms with Crippen molar-refractivity contribution in [1.82, 2.24) is 0 Å². The Morgan fingerprint density at radius 1 is 1.00 bits per heavy atom. The highest BCUT2D eigenvalue weighted by atomic mass is 16.5. The average molecular weight is 356 g/mol. The van der Waals surface area contributed by atoms with Crippen LogP contribution in [0.2, 0.25) is 0 Å². The molecular formula is C21H24O5. The second-order valence-corrected chi connectivity index (χ2v) is 5.71. The van der Waals surface area contributed by atoms with Crippen LogP contribution in [0.4, 0.5) is 0 Å². The summed E-state index contributed by atoms with van der Waals surface area (Å²) >= 11 is 0. The summed E-state index contributed by atoms with van der Waals surface area (Å²) in [7, 11) is 0. The van der Waals surface area contributed by atoms with Gasteiger partial charge < -0.3 is 19.3 Å². The van der Waals surface area contributed by atoms with Gasteiger partial charge in [0.25, 0.3) is 0 Å². The number of rotatable bonds is 9. The SMILES string of the molecule is CCOc1cc(C=CC(=O)O)ccc1OCCOc1cccc(C)c1C. The van der Waals surface area contributed by atoms with Gasteiger partial charge in [0.15, 0.2) is 11.5 Å². The van der Waals surface area contributed by atoms with Crippen molar-refractivity contribution in [2.75, 3.05) is 19.8 Å². The zero-order valence-corrected chi connectivity index (χ0v) is 15.3. The van der Waals surface area contributed by atoms with E-state index in [0.29, 0.717) is 31.3 Å². The molecular weight excluding hydrogens is 332 g/mol. The van der Waals surface area contributed by atoms with Crippen LogP contribution in [0.25, 0.3) is 6.08 Å². The highest BCUT2D eigenvalue weighted by molar-refractivity contribution is 5.85. The van der Waals surface area contributed by atoms with Gasteiger partial charge in [-0.25, -0.2) is 4.79 Å². The standard InChI is InChI=1S/C21H24O5/c1-4-24-20-14-17(9-11-21(22)23)8-10-19(20)26-13-12-25-18-7-5-6-15(2)16(18)3/h5-11,14H,4,12-13H2,1-3H3,(H,22,23). The van der Waals surface area contributed by atoms with Crippen molar-refractivity contribution in [3.8, 4) is 17.2 Å². The molecule has 2 aromatic rings. The molecule has 0 aromatic heterocycles. The lowest BCUT2D eigenvalue weighted by atomic mass is 10.1. The summed E-state index contributed by atoms with van der Waals surface area (Å²) in [6.07, 6.45) is 2.60. The molecule has 5 nitrogen and oxygen atoms in total. The summed E-state index contributed by atoms with van der Waals surface area (Å²) in [5, 5.41) is 8.72. The molecule has 138 valence electrons. The number of benzene rings is 2. The minimum Gasteiger partial charge on any atom is -0.490 e. The van der Waals surface area contributed by atoms with Gasteiger partial charge >= 0.3 is 5.97 Å². The summed E-state index contributed by atoms with van der Waals surface area (Å²) in [4.78, 5) is 10.6. The second-order valence-electron chi connectivity index (χ2n) is 5.71. The predicted molar refractivity (Wildman–Crippen MR) is 101 cm³/mol. The summed E-state index contributed by atoms with van der Waals surface area (Å²) in [6.45, 7) is 7.23. The highest BCUT2D eigenvalue weighted by Crippen LogP contribution is 2.29. The van der Waals surface area contributed by atoms with Gasteiger partial charge in [0.05, 0.1) is 6.61 Å². The van der Waals surface area contributed by atoms with E-state index < -0.39 is 5.97 Å². The maximum atomic E-state index is 10.6. The lowest BCUT2D eigenvalue weighted by Crippen LogP contribution is -2.10. The fourth-order valence-corrected chi connectivity index (χ4v) is 2.37. The van der Waals surface area contributed by atoms with Gasteiger partial charge in [-0.2, -0.15) is 0 Å². The lowest BCUT2D eigenvalue weighted by Gasteiger charge is -2.14. The van der Waals surface area contributed by atoms with E-state index in [4.69, 9.17) is 19.3 Å². The van der Waals surface area contributed by atoms with Gasteiger partial charge in [0, 0.05) is 6.08 Å². The van der Waals surface area contributed by atoms with Crippen LogP contribution in [0.15, 0.2) is 42.5 Å². The molecule has 0 fully saturated rings. The van der Waals surface area contributed by atoms with Gasteiger partial charge in [-0.15, -0.1) is 0 Å². The molecule has 26 heavy (non-hydrogen) atoms. The first-order valence-electron chi connectivity index (χ1n) is 8.51. The number of carboxylic acid groups (broad SMARTS) is 1. The third-order valence-electron chi connectivity index (χ3n) is 3.84. The first kappa shape index (κ1) is 19.4. The fraction of sp³-hybridized carbons (Fsp3) is 0.286. The zero-order valence-electron chi connectivity index (χ0n) is 15.3. The number of aryl methyl sites for hydroxylation is 1. The van der Waals surface area contributed by atoms with Crippen LogP contribution in [-0.4, -0.2) is 30.9 Å². The number of hydrogen-bond donors (Lipinski definition) is 1. The molecule has 0 bridgehead atoms. The number of ether oxygens (including phenoxy) is 3. The number of carboxylic acids is 1. The Kier molecular flexibility index (Phi) is 7.09. The van der Waals surface area contributed by atoms with Gasteiger partial charge in [0.1, 0.15) is 19.0 Å². The fourth-order valence-electron chi connectivity index (χ4n) is 2.37. The highest BCUT2D eigenvalue weighted by Gasteiger charge is 2.07. The van der Waals surface area contributed by atoms with Crippen LogP contribution in [0.5, 0.6) is 17.2 Å². The van der Waals surface area contributed by atoms with Gasteiger partial charge in [-0.1, -0.05) is 18.2 Å². The zero-order chi connectivity index (χ0) is 18.9. The minimum absolute atomic E-state index is 0.373. The second kappa shape index (κ2) is 9.51. The van der Waals surface area contributed by atoms with Crippen LogP contribution < -0.4 is 14.2 Å². The molecule has 0 amide bonds. The van der Waals surface area contributed by atoms with E-state index in [1.165, 1.54) is 11.6 Å². The Bertz CT molecular complexity index is 780. The lowest BCUT2D eigenvalue weighted by molar-refractivity contribution is -0.131. The third-order valence-corrected chi connectivity index (χ3v) is 3.84. The molecule has 0 spiro atoms. The van der Waals surface area contributed by atoms with Gasteiger partial charge in [0.2, 0.25) is 0 Å². The van der Waals surface area contributed by atoms with E-state index in [2.05, 4.69) is 0 Å². The molecule has 0 aliphatic carbocycles. The molecule has 5 heteroatoms. The van der Waals surface area contributed by atoms with Crippen LogP contribution in [0, 0.1) is 13.8 Å². The first-order chi connectivity index (χ1) is 12.5. The van der Waals surface area contributed by atoms with E-state index in [-0.39, 0.29) is 0 Å². The van der Waals surface area contributed by atoms with Crippen LogP contribution in [0.1, 0.15) is 23.6 Å². The Morgan fingerprint density at radius 2 is 1.73 bits per heavy atom. The van der Waals surface area contributed by atoms with Crippen molar-refractivity contribution in [2.24, 2.45) is 0 Å². The monoisotopic (exact) mass is 356 g/mol. The maximum absolute atomic E-state index is 10.6. The molecule has 0 heterocycles. The molecule has 1 N–H and O–H groups in total. The Morgan fingerprint density at radius 3 is 2.42 bits per heavy atom. The van der Waals surface area contributed by atoms with Crippen molar-refractivity contribution in [1.29, 1.82) is 0 Å². The van der Waals surface area contributed by atoms with Crippen LogP contribution in [0.3, 0.4) is 0 Å². The first-order valence-corrected chi connectivity index (χ1v) is 8.51. The molecule has 0 aliphatic heterocycles. The van der Waals surface area contributed by atoms with Crippen molar-refractivity contribution in [3.63, 3.8) is 0 Å². The van der Waals surface area contributed by atoms with Crippen molar-refractivity contribution < 1.29 is 24.1 Å². The van der Waals surface area contributed by atoms with Crippen molar-refractivity contribution in [3.05, 3.63) is 59.2 Å². The van der Waals surface area contributed by atoms with E-state index in [1.54, 1.807) is 18.2 Å². The summed E-state index contributed by atoms with van der Waals surface area (Å²) in [6, 6.07) is 11.3. The predicted octanol–water partition coefficient (Wildman–Crippen LogP) is 4.26. The Hall–Kier alpha value is -2.95. The number of hydrogen-bond acceptors (Lipinski definition) is 4. The molecule has 0 saturated heterocycles. The molecule has 0 unspecified atom stereocenters. The molecule has 2 aromatic carbocycles. The van der Waals surface area contributed by atoms with Crippen molar-refractivity contribution in [2.45, 2.75) is 20.8 Å². The van der Waals surface area contributed by atoms with Crippen molar-refractivity contribution >= 4 is 12.0 Å².